The number of nitriles is 1. The minimum Gasteiger partial charge on any atom is -0.373 e. The molecule has 1 saturated carbocycles. The SMILES string of the molecule is CCCC1CCC(C#N)C(N2CC(C)OC(C)C2)C1. The van der Waals surface area contributed by atoms with Crippen LogP contribution in [0.25, 0.3) is 0 Å². The maximum Gasteiger partial charge on any atom is 0.0678 e. The molecule has 1 aliphatic heterocycles. The molecule has 3 heteroatoms. The van der Waals surface area contributed by atoms with Crippen molar-refractivity contribution in [2.75, 3.05) is 13.1 Å². The van der Waals surface area contributed by atoms with Gasteiger partial charge in [-0.3, -0.25) is 4.90 Å². The molecule has 0 aromatic carbocycles. The van der Waals surface area contributed by atoms with Gasteiger partial charge >= 0.3 is 0 Å². The quantitative estimate of drug-likeness (QED) is 0.785. The van der Waals surface area contributed by atoms with Crippen LogP contribution in [0.5, 0.6) is 0 Å². The number of morpholine rings is 1. The van der Waals surface area contributed by atoms with Crippen LogP contribution in [-0.4, -0.2) is 36.2 Å². The van der Waals surface area contributed by atoms with Crippen molar-refractivity contribution in [3.8, 4) is 6.07 Å². The van der Waals surface area contributed by atoms with Crippen LogP contribution in [-0.2, 0) is 4.74 Å². The second-order valence-electron chi connectivity index (χ2n) is 6.48. The van der Waals surface area contributed by atoms with Crippen molar-refractivity contribution in [1.29, 1.82) is 5.26 Å². The first-order chi connectivity index (χ1) is 9.13. The zero-order valence-electron chi connectivity index (χ0n) is 12.6. The van der Waals surface area contributed by atoms with Gasteiger partial charge in [0.05, 0.1) is 24.2 Å². The van der Waals surface area contributed by atoms with Crippen LogP contribution in [0, 0.1) is 23.2 Å². The normalized spacial score (nSPS) is 40.8. The minimum absolute atomic E-state index is 0.227. The summed E-state index contributed by atoms with van der Waals surface area (Å²) in [5.41, 5.74) is 0. The van der Waals surface area contributed by atoms with Crippen molar-refractivity contribution in [3.05, 3.63) is 0 Å². The van der Waals surface area contributed by atoms with Crippen LogP contribution in [0.4, 0.5) is 0 Å². The van der Waals surface area contributed by atoms with Gasteiger partial charge in [0.2, 0.25) is 0 Å². The third-order valence-electron chi connectivity index (χ3n) is 4.70. The Labute approximate surface area is 117 Å². The molecule has 2 fully saturated rings. The van der Waals surface area contributed by atoms with Crippen LogP contribution < -0.4 is 0 Å². The van der Waals surface area contributed by atoms with E-state index in [-0.39, 0.29) is 5.92 Å². The van der Waals surface area contributed by atoms with Crippen molar-refractivity contribution in [3.63, 3.8) is 0 Å². The Kier molecular flexibility index (Phi) is 5.24. The van der Waals surface area contributed by atoms with Gasteiger partial charge in [0.1, 0.15) is 0 Å². The maximum absolute atomic E-state index is 9.43. The third kappa shape index (κ3) is 3.70. The molecule has 5 atom stereocenters. The van der Waals surface area contributed by atoms with E-state index in [0.717, 1.165) is 25.4 Å². The fourth-order valence-electron chi connectivity index (χ4n) is 3.94. The van der Waals surface area contributed by atoms with Crippen molar-refractivity contribution < 1.29 is 4.74 Å². The molecule has 5 unspecified atom stereocenters. The van der Waals surface area contributed by atoms with Crippen molar-refractivity contribution in [2.24, 2.45) is 11.8 Å². The van der Waals surface area contributed by atoms with Gasteiger partial charge < -0.3 is 4.74 Å². The lowest BCUT2D eigenvalue weighted by molar-refractivity contribution is -0.0910. The van der Waals surface area contributed by atoms with Crippen molar-refractivity contribution in [2.45, 2.75) is 71.1 Å². The fourth-order valence-corrected chi connectivity index (χ4v) is 3.94. The first kappa shape index (κ1) is 14.8. The Bertz CT molecular complexity index is 315. The van der Waals surface area contributed by atoms with E-state index in [4.69, 9.17) is 4.74 Å². The predicted octanol–water partition coefficient (Wildman–Crippen LogP) is 3.20. The summed E-state index contributed by atoms with van der Waals surface area (Å²) in [6.45, 7) is 8.55. The standard InChI is InChI=1S/C16H28N2O/c1-4-5-14-6-7-15(9-17)16(8-14)18-10-12(2)19-13(3)11-18/h12-16H,4-8,10-11H2,1-3H3. The molecule has 0 radical (unpaired) electrons. The second kappa shape index (κ2) is 6.72. The molecule has 1 saturated heterocycles. The van der Waals surface area contributed by atoms with E-state index in [9.17, 15) is 5.26 Å². The van der Waals surface area contributed by atoms with Gasteiger partial charge in [-0.05, 0) is 39.0 Å². The summed E-state index contributed by atoms with van der Waals surface area (Å²) >= 11 is 0. The van der Waals surface area contributed by atoms with Gasteiger partial charge in [-0.1, -0.05) is 19.8 Å². The second-order valence-corrected chi connectivity index (χ2v) is 6.48. The number of hydrogen-bond acceptors (Lipinski definition) is 3. The Morgan fingerprint density at radius 3 is 2.47 bits per heavy atom. The minimum atomic E-state index is 0.227. The van der Waals surface area contributed by atoms with Crippen LogP contribution >= 0.6 is 0 Å². The summed E-state index contributed by atoms with van der Waals surface area (Å²) in [5, 5.41) is 9.43. The Morgan fingerprint density at radius 1 is 1.21 bits per heavy atom. The highest BCUT2D eigenvalue weighted by molar-refractivity contribution is 4.98. The molecular weight excluding hydrogens is 236 g/mol. The molecule has 1 heterocycles. The number of ether oxygens (including phenoxy) is 1. The smallest absolute Gasteiger partial charge is 0.0678 e. The number of hydrogen-bond donors (Lipinski definition) is 0. The largest absolute Gasteiger partial charge is 0.373 e. The van der Waals surface area contributed by atoms with Crippen LogP contribution in [0.15, 0.2) is 0 Å². The van der Waals surface area contributed by atoms with E-state index in [0.29, 0.717) is 18.2 Å². The Balaban J connectivity index is 2.03. The molecule has 1 aliphatic carbocycles. The lowest BCUT2D eigenvalue weighted by Gasteiger charge is -2.45. The van der Waals surface area contributed by atoms with Gasteiger partial charge in [-0.25, -0.2) is 0 Å². The summed E-state index contributed by atoms with van der Waals surface area (Å²) < 4.78 is 5.83. The lowest BCUT2D eigenvalue weighted by atomic mass is 9.76. The number of rotatable bonds is 3. The molecular formula is C16H28N2O. The summed E-state index contributed by atoms with van der Waals surface area (Å²) in [7, 11) is 0. The van der Waals surface area contributed by atoms with Crippen molar-refractivity contribution in [1.82, 2.24) is 4.90 Å². The highest BCUT2D eigenvalue weighted by Gasteiger charge is 2.37. The van der Waals surface area contributed by atoms with E-state index >= 15 is 0 Å². The first-order valence-electron chi connectivity index (χ1n) is 7.93. The molecule has 0 aromatic rings. The molecule has 2 rings (SSSR count). The first-order valence-corrected chi connectivity index (χ1v) is 7.93. The zero-order chi connectivity index (χ0) is 13.8. The van der Waals surface area contributed by atoms with E-state index in [1.54, 1.807) is 0 Å². The number of nitrogens with zero attached hydrogens (tertiary/aromatic N) is 2. The van der Waals surface area contributed by atoms with E-state index < -0.39 is 0 Å². The zero-order valence-corrected chi connectivity index (χ0v) is 12.6. The Morgan fingerprint density at radius 2 is 1.89 bits per heavy atom. The molecule has 19 heavy (non-hydrogen) atoms. The summed E-state index contributed by atoms with van der Waals surface area (Å²) in [6, 6.07) is 3.02. The monoisotopic (exact) mass is 264 g/mol. The fraction of sp³-hybridized carbons (Fsp3) is 0.938. The summed E-state index contributed by atoms with van der Waals surface area (Å²) in [5.74, 6) is 1.05. The molecule has 0 spiro atoms. The van der Waals surface area contributed by atoms with Gasteiger partial charge in [0, 0.05) is 19.1 Å². The third-order valence-corrected chi connectivity index (χ3v) is 4.70. The summed E-state index contributed by atoms with van der Waals surface area (Å²) in [4.78, 5) is 2.54. The average molecular weight is 264 g/mol. The topological polar surface area (TPSA) is 36.3 Å². The molecule has 2 aliphatic rings. The van der Waals surface area contributed by atoms with Crippen LogP contribution in [0.1, 0.15) is 52.9 Å². The van der Waals surface area contributed by atoms with E-state index in [1.165, 1.54) is 25.7 Å². The molecule has 108 valence electrons. The van der Waals surface area contributed by atoms with Crippen molar-refractivity contribution >= 4 is 0 Å². The Hall–Kier alpha value is -0.590. The molecule has 0 bridgehead atoms. The molecule has 0 amide bonds. The van der Waals surface area contributed by atoms with Crippen LogP contribution in [0.2, 0.25) is 0 Å². The lowest BCUT2D eigenvalue weighted by Crippen LogP contribution is -2.53. The van der Waals surface area contributed by atoms with E-state index in [1.807, 2.05) is 0 Å². The highest BCUT2D eigenvalue weighted by Crippen LogP contribution is 2.35. The maximum atomic E-state index is 9.43. The summed E-state index contributed by atoms with van der Waals surface area (Å²) in [6.07, 6.45) is 6.74. The molecule has 0 N–H and O–H groups in total. The highest BCUT2D eigenvalue weighted by atomic mass is 16.5. The van der Waals surface area contributed by atoms with E-state index in [2.05, 4.69) is 31.7 Å². The molecule has 3 nitrogen and oxygen atoms in total. The molecule has 0 aromatic heterocycles. The predicted molar refractivity (Wildman–Crippen MR) is 76.7 cm³/mol. The van der Waals surface area contributed by atoms with Gasteiger partial charge in [0.15, 0.2) is 0 Å². The van der Waals surface area contributed by atoms with Gasteiger partial charge in [-0.15, -0.1) is 0 Å². The van der Waals surface area contributed by atoms with Gasteiger partial charge in [0.25, 0.3) is 0 Å². The van der Waals surface area contributed by atoms with Gasteiger partial charge in [-0.2, -0.15) is 5.26 Å². The average Bonchev–Trinajstić information content (AvgIpc) is 2.38. The van der Waals surface area contributed by atoms with Crippen LogP contribution in [0.3, 0.4) is 0 Å².